The molecule has 0 amide bonds. The topological polar surface area (TPSA) is 24.5 Å². The van der Waals surface area contributed by atoms with Crippen molar-refractivity contribution in [2.24, 2.45) is 5.41 Å². The van der Waals surface area contributed by atoms with Crippen LogP contribution < -0.4 is 10.1 Å². The van der Waals surface area contributed by atoms with Gasteiger partial charge in [0.2, 0.25) is 0 Å². The SMILES string of the molecule is COc1cccc(CN2CCC[C@@]3(CCNC3)C2)c1. The fourth-order valence-electron chi connectivity index (χ4n) is 3.62. The van der Waals surface area contributed by atoms with Crippen molar-refractivity contribution in [1.82, 2.24) is 10.2 Å². The average molecular weight is 260 g/mol. The minimum Gasteiger partial charge on any atom is -0.497 e. The molecule has 2 aliphatic heterocycles. The van der Waals surface area contributed by atoms with Crippen molar-refractivity contribution in [3.05, 3.63) is 29.8 Å². The van der Waals surface area contributed by atoms with Gasteiger partial charge in [-0.25, -0.2) is 0 Å². The van der Waals surface area contributed by atoms with Crippen LogP contribution in [-0.4, -0.2) is 38.2 Å². The number of nitrogens with one attached hydrogen (secondary N) is 1. The van der Waals surface area contributed by atoms with Gasteiger partial charge in [-0.1, -0.05) is 12.1 Å². The van der Waals surface area contributed by atoms with E-state index in [4.69, 9.17) is 4.74 Å². The van der Waals surface area contributed by atoms with E-state index in [-0.39, 0.29) is 0 Å². The number of ether oxygens (including phenoxy) is 1. The third kappa shape index (κ3) is 2.93. The lowest BCUT2D eigenvalue weighted by Crippen LogP contribution is -2.43. The van der Waals surface area contributed by atoms with Crippen LogP contribution in [0.15, 0.2) is 24.3 Å². The molecule has 104 valence electrons. The van der Waals surface area contributed by atoms with Gasteiger partial charge in [0.1, 0.15) is 5.75 Å². The summed E-state index contributed by atoms with van der Waals surface area (Å²) in [5, 5.41) is 3.54. The normalized spacial score (nSPS) is 27.8. The Morgan fingerprint density at radius 3 is 3.11 bits per heavy atom. The van der Waals surface area contributed by atoms with Gasteiger partial charge >= 0.3 is 0 Å². The predicted octanol–water partition coefficient (Wildman–Crippen LogP) is 2.27. The van der Waals surface area contributed by atoms with Crippen molar-refractivity contribution < 1.29 is 4.74 Å². The zero-order valence-corrected chi connectivity index (χ0v) is 11.8. The van der Waals surface area contributed by atoms with Gasteiger partial charge in [0, 0.05) is 19.6 Å². The molecule has 3 heteroatoms. The van der Waals surface area contributed by atoms with E-state index < -0.39 is 0 Å². The van der Waals surface area contributed by atoms with Crippen LogP contribution in [0.5, 0.6) is 5.75 Å². The van der Waals surface area contributed by atoms with Crippen LogP contribution >= 0.6 is 0 Å². The highest BCUT2D eigenvalue weighted by Gasteiger charge is 2.37. The standard InChI is InChI=1S/C16H24N2O/c1-19-15-5-2-4-14(10-15)11-18-9-3-6-16(13-18)7-8-17-12-16/h2,4-5,10,17H,3,6-9,11-13H2,1H3/t16-/m0/s1. The van der Waals surface area contributed by atoms with Gasteiger partial charge in [0.25, 0.3) is 0 Å². The van der Waals surface area contributed by atoms with E-state index in [1.807, 2.05) is 6.07 Å². The van der Waals surface area contributed by atoms with Crippen LogP contribution in [0.3, 0.4) is 0 Å². The minimum absolute atomic E-state index is 0.553. The largest absolute Gasteiger partial charge is 0.497 e. The van der Waals surface area contributed by atoms with Gasteiger partial charge in [0.05, 0.1) is 7.11 Å². The zero-order chi connectivity index (χ0) is 13.1. The summed E-state index contributed by atoms with van der Waals surface area (Å²) in [5.74, 6) is 0.965. The van der Waals surface area contributed by atoms with Gasteiger partial charge in [-0.15, -0.1) is 0 Å². The fourth-order valence-corrected chi connectivity index (χ4v) is 3.62. The summed E-state index contributed by atoms with van der Waals surface area (Å²) in [5.41, 5.74) is 1.92. The quantitative estimate of drug-likeness (QED) is 0.902. The van der Waals surface area contributed by atoms with Crippen LogP contribution in [0.2, 0.25) is 0 Å². The van der Waals surface area contributed by atoms with Crippen molar-refractivity contribution in [2.45, 2.75) is 25.8 Å². The van der Waals surface area contributed by atoms with Crippen LogP contribution in [0.1, 0.15) is 24.8 Å². The minimum atomic E-state index is 0.553. The highest BCUT2D eigenvalue weighted by Crippen LogP contribution is 2.36. The Morgan fingerprint density at radius 1 is 1.37 bits per heavy atom. The molecule has 0 aliphatic carbocycles. The van der Waals surface area contributed by atoms with Gasteiger partial charge in [-0.2, -0.15) is 0 Å². The molecule has 0 saturated carbocycles. The number of hydrogen-bond donors (Lipinski definition) is 1. The van der Waals surface area contributed by atoms with Gasteiger partial charge in [0.15, 0.2) is 0 Å². The van der Waals surface area contributed by atoms with E-state index in [0.717, 1.165) is 12.3 Å². The van der Waals surface area contributed by atoms with Crippen molar-refractivity contribution in [2.75, 3.05) is 33.3 Å². The summed E-state index contributed by atoms with van der Waals surface area (Å²) >= 11 is 0. The zero-order valence-electron chi connectivity index (χ0n) is 11.8. The number of piperidine rings is 1. The Morgan fingerprint density at radius 2 is 2.32 bits per heavy atom. The molecule has 1 aromatic carbocycles. The summed E-state index contributed by atoms with van der Waals surface area (Å²) in [6, 6.07) is 8.47. The van der Waals surface area contributed by atoms with E-state index in [0.29, 0.717) is 5.41 Å². The summed E-state index contributed by atoms with van der Waals surface area (Å²) in [6.07, 6.45) is 4.09. The number of nitrogens with zero attached hydrogens (tertiary/aromatic N) is 1. The number of benzene rings is 1. The Labute approximate surface area is 115 Å². The van der Waals surface area contributed by atoms with Gasteiger partial charge in [-0.3, -0.25) is 4.90 Å². The maximum atomic E-state index is 5.31. The first kappa shape index (κ1) is 12.9. The van der Waals surface area contributed by atoms with E-state index in [1.165, 1.54) is 51.0 Å². The smallest absolute Gasteiger partial charge is 0.119 e. The monoisotopic (exact) mass is 260 g/mol. The number of hydrogen-bond acceptors (Lipinski definition) is 3. The molecule has 3 rings (SSSR count). The Bertz CT molecular complexity index is 427. The predicted molar refractivity (Wildman–Crippen MR) is 77.4 cm³/mol. The molecule has 1 aromatic rings. The lowest BCUT2D eigenvalue weighted by Gasteiger charge is -2.40. The molecule has 2 saturated heterocycles. The molecule has 1 atom stereocenters. The molecular formula is C16H24N2O. The van der Waals surface area contributed by atoms with Crippen LogP contribution in [0.25, 0.3) is 0 Å². The molecule has 1 spiro atoms. The van der Waals surface area contributed by atoms with Crippen molar-refractivity contribution in [3.63, 3.8) is 0 Å². The van der Waals surface area contributed by atoms with Crippen molar-refractivity contribution >= 4 is 0 Å². The van der Waals surface area contributed by atoms with Crippen LogP contribution in [0.4, 0.5) is 0 Å². The third-order valence-corrected chi connectivity index (χ3v) is 4.61. The van der Waals surface area contributed by atoms with Crippen LogP contribution in [0, 0.1) is 5.41 Å². The molecule has 2 fully saturated rings. The van der Waals surface area contributed by atoms with Gasteiger partial charge < -0.3 is 10.1 Å². The lowest BCUT2D eigenvalue weighted by atomic mass is 9.79. The number of likely N-dealkylation sites (tertiary alicyclic amines) is 1. The number of rotatable bonds is 3. The molecule has 3 nitrogen and oxygen atoms in total. The molecule has 0 unspecified atom stereocenters. The first-order chi connectivity index (χ1) is 9.30. The van der Waals surface area contributed by atoms with Crippen molar-refractivity contribution in [3.8, 4) is 5.75 Å². The first-order valence-electron chi connectivity index (χ1n) is 7.36. The highest BCUT2D eigenvalue weighted by molar-refractivity contribution is 5.28. The highest BCUT2D eigenvalue weighted by atomic mass is 16.5. The second-order valence-corrected chi connectivity index (χ2v) is 6.09. The first-order valence-corrected chi connectivity index (χ1v) is 7.36. The molecule has 0 bridgehead atoms. The molecule has 0 aromatic heterocycles. The molecule has 1 N–H and O–H groups in total. The van der Waals surface area contributed by atoms with Gasteiger partial charge in [-0.05, 0) is 55.5 Å². The van der Waals surface area contributed by atoms with Crippen LogP contribution in [-0.2, 0) is 6.54 Å². The summed E-state index contributed by atoms with van der Waals surface area (Å²) in [4.78, 5) is 2.62. The van der Waals surface area contributed by atoms with Crippen molar-refractivity contribution in [1.29, 1.82) is 0 Å². The second-order valence-electron chi connectivity index (χ2n) is 6.09. The summed E-state index contributed by atoms with van der Waals surface area (Å²) in [6.45, 7) is 5.95. The Hall–Kier alpha value is -1.06. The van der Waals surface area contributed by atoms with E-state index >= 15 is 0 Å². The third-order valence-electron chi connectivity index (χ3n) is 4.61. The Balaban J connectivity index is 1.65. The molecule has 2 aliphatic rings. The average Bonchev–Trinajstić information content (AvgIpc) is 2.87. The Kier molecular flexibility index (Phi) is 3.76. The second kappa shape index (κ2) is 5.51. The van der Waals surface area contributed by atoms with E-state index in [9.17, 15) is 0 Å². The maximum Gasteiger partial charge on any atom is 0.119 e. The molecular weight excluding hydrogens is 236 g/mol. The lowest BCUT2D eigenvalue weighted by molar-refractivity contribution is 0.0978. The maximum absolute atomic E-state index is 5.31. The molecule has 2 heterocycles. The summed E-state index contributed by atoms with van der Waals surface area (Å²) in [7, 11) is 1.74. The summed E-state index contributed by atoms with van der Waals surface area (Å²) < 4.78 is 5.31. The van der Waals surface area contributed by atoms with E-state index in [2.05, 4.69) is 28.4 Å². The van der Waals surface area contributed by atoms with E-state index in [1.54, 1.807) is 7.11 Å². The number of methoxy groups -OCH3 is 1. The molecule has 0 radical (unpaired) electrons. The fraction of sp³-hybridized carbons (Fsp3) is 0.625. The molecule has 19 heavy (non-hydrogen) atoms.